The van der Waals surface area contributed by atoms with Crippen molar-refractivity contribution in [1.29, 1.82) is 0 Å². The van der Waals surface area contributed by atoms with E-state index in [-0.39, 0.29) is 45.1 Å². The van der Waals surface area contributed by atoms with Crippen molar-refractivity contribution in [2.75, 3.05) is 13.2 Å². The van der Waals surface area contributed by atoms with Gasteiger partial charge in [-0.15, -0.1) is 6.42 Å². The smallest absolute Gasteiger partial charge is 0.344 e. The average Bonchev–Trinajstić information content (AvgIpc) is 3.08. The van der Waals surface area contributed by atoms with Crippen LogP contribution in [-0.4, -0.2) is 35.2 Å². The van der Waals surface area contributed by atoms with E-state index >= 15 is 0 Å². The predicted octanol–water partition coefficient (Wildman–Crippen LogP) is 5.82. The molecule has 1 N–H and O–H groups in total. The lowest BCUT2D eigenvalue weighted by Gasteiger charge is -2.08. The monoisotopic (exact) mass is 545 g/mol. The number of thioether (sulfide) groups is 1. The molecule has 0 unspecified atom stereocenters. The second kappa shape index (κ2) is 11.2. The van der Waals surface area contributed by atoms with Crippen molar-refractivity contribution in [2.24, 2.45) is 4.99 Å². The Hall–Kier alpha value is -2.99. The minimum atomic E-state index is -0.797. The molecule has 0 fully saturated rings. The quantitative estimate of drug-likeness (QED) is 0.363. The molecule has 9 heteroatoms. The van der Waals surface area contributed by atoms with Gasteiger partial charge in [-0.1, -0.05) is 57.3 Å². The molecule has 0 saturated heterocycles. The van der Waals surface area contributed by atoms with Crippen LogP contribution in [0.5, 0.6) is 5.75 Å². The number of aliphatic hydroxyl groups excluding tert-OH is 1. The van der Waals surface area contributed by atoms with Crippen molar-refractivity contribution in [2.45, 2.75) is 6.92 Å². The van der Waals surface area contributed by atoms with E-state index in [4.69, 9.17) is 27.5 Å². The van der Waals surface area contributed by atoms with E-state index in [0.29, 0.717) is 11.3 Å². The summed E-state index contributed by atoms with van der Waals surface area (Å²) in [6.45, 7) is 1.78. The summed E-state index contributed by atoms with van der Waals surface area (Å²) in [4.78, 5) is 29.6. The summed E-state index contributed by atoms with van der Waals surface area (Å²) in [6, 6.07) is 11.7. The third kappa shape index (κ3) is 5.88. The van der Waals surface area contributed by atoms with Crippen LogP contribution in [-0.2, 0) is 9.53 Å². The number of carbonyl (C=O) groups is 2. The highest BCUT2D eigenvalue weighted by Gasteiger charge is 2.34. The standard InChI is InChI=1S/C24H17BrClNO5S/c1-3-11-32-18-10-9-15(25)12-14(18)13-19-21(28)20(24(30)31-4-2)23(33-19)27-22(29)16-7-5-6-8-17(16)26/h1,5-10,12-13,28H,4,11H2,2H3/b19-13-,27-23?. The Labute approximate surface area is 208 Å². The van der Waals surface area contributed by atoms with Crippen LogP contribution in [0.1, 0.15) is 22.8 Å². The van der Waals surface area contributed by atoms with Crippen molar-refractivity contribution in [3.05, 3.63) is 79.3 Å². The first kappa shape index (κ1) is 24.6. The number of terminal acetylenes is 1. The Kier molecular flexibility index (Phi) is 8.39. The third-order valence-corrected chi connectivity index (χ3v) is 6.09. The number of nitrogens with zero attached hydrogens (tertiary/aromatic N) is 1. The molecule has 2 aromatic rings. The zero-order valence-electron chi connectivity index (χ0n) is 17.3. The normalized spacial score (nSPS) is 15.6. The van der Waals surface area contributed by atoms with Gasteiger partial charge in [0.05, 0.1) is 22.1 Å². The van der Waals surface area contributed by atoms with E-state index in [9.17, 15) is 14.7 Å². The lowest BCUT2D eigenvalue weighted by Crippen LogP contribution is -2.14. The number of halogens is 2. The van der Waals surface area contributed by atoms with Gasteiger partial charge in [0, 0.05) is 10.0 Å². The first-order chi connectivity index (χ1) is 15.8. The lowest BCUT2D eigenvalue weighted by atomic mass is 10.1. The maximum atomic E-state index is 12.7. The number of hydrogen-bond donors (Lipinski definition) is 1. The molecule has 0 bridgehead atoms. The van der Waals surface area contributed by atoms with Crippen molar-refractivity contribution >= 4 is 62.3 Å². The Bertz CT molecular complexity index is 1250. The molecule has 0 atom stereocenters. The van der Waals surface area contributed by atoms with Gasteiger partial charge in [0.2, 0.25) is 0 Å². The molecule has 168 valence electrons. The lowest BCUT2D eigenvalue weighted by molar-refractivity contribution is -0.138. The number of benzene rings is 2. The van der Waals surface area contributed by atoms with E-state index in [1.54, 1.807) is 49.4 Å². The number of aliphatic hydroxyl groups is 1. The van der Waals surface area contributed by atoms with Crippen LogP contribution >= 0.6 is 39.3 Å². The summed E-state index contributed by atoms with van der Waals surface area (Å²) < 4.78 is 11.4. The van der Waals surface area contributed by atoms with Crippen LogP contribution < -0.4 is 4.74 Å². The van der Waals surface area contributed by atoms with Crippen LogP contribution in [0.25, 0.3) is 6.08 Å². The fraction of sp³-hybridized carbons (Fsp3) is 0.125. The van der Waals surface area contributed by atoms with Crippen molar-refractivity contribution in [3.8, 4) is 18.1 Å². The van der Waals surface area contributed by atoms with Gasteiger partial charge in [-0.3, -0.25) is 4.79 Å². The van der Waals surface area contributed by atoms with Crippen LogP contribution in [0.2, 0.25) is 5.02 Å². The molecule has 3 rings (SSSR count). The van der Waals surface area contributed by atoms with Gasteiger partial charge in [-0.25, -0.2) is 9.79 Å². The van der Waals surface area contributed by atoms with Gasteiger partial charge in [0.1, 0.15) is 28.7 Å². The minimum absolute atomic E-state index is 0.00297. The summed E-state index contributed by atoms with van der Waals surface area (Å²) in [5.74, 6) is 1.07. The molecule has 1 aliphatic heterocycles. The second-order valence-electron chi connectivity index (χ2n) is 6.43. The Morgan fingerprint density at radius 1 is 1.30 bits per heavy atom. The summed E-state index contributed by atoms with van der Waals surface area (Å²) in [7, 11) is 0. The summed E-state index contributed by atoms with van der Waals surface area (Å²) in [5.41, 5.74) is 0.564. The van der Waals surface area contributed by atoms with Crippen LogP contribution in [0, 0.1) is 12.3 Å². The van der Waals surface area contributed by atoms with Gasteiger partial charge < -0.3 is 14.6 Å². The van der Waals surface area contributed by atoms with E-state index in [1.807, 2.05) is 0 Å². The first-order valence-corrected chi connectivity index (χ1v) is 11.6. The van der Waals surface area contributed by atoms with E-state index < -0.39 is 11.9 Å². The van der Waals surface area contributed by atoms with Gasteiger partial charge in [0.15, 0.2) is 0 Å². The number of ether oxygens (including phenoxy) is 2. The molecular formula is C24H17BrClNO5S. The highest BCUT2D eigenvalue weighted by atomic mass is 79.9. The molecule has 6 nitrogen and oxygen atoms in total. The Morgan fingerprint density at radius 2 is 2.06 bits per heavy atom. The summed E-state index contributed by atoms with van der Waals surface area (Å²) in [6.07, 6.45) is 6.89. The molecule has 1 amide bonds. The molecule has 0 aromatic heterocycles. The summed E-state index contributed by atoms with van der Waals surface area (Å²) in [5, 5.41) is 11.1. The minimum Gasteiger partial charge on any atom is -0.506 e. The molecule has 33 heavy (non-hydrogen) atoms. The number of carbonyl (C=O) groups excluding carboxylic acids is 2. The molecule has 0 saturated carbocycles. The van der Waals surface area contributed by atoms with Gasteiger partial charge in [-0.05, 0) is 43.3 Å². The fourth-order valence-electron chi connectivity index (χ4n) is 2.80. The molecule has 0 radical (unpaired) electrons. The van der Waals surface area contributed by atoms with Gasteiger partial charge >= 0.3 is 5.97 Å². The maximum absolute atomic E-state index is 12.7. The Morgan fingerprint density at radius 3 is 2.76 bits per heavy atom. The van der Waals surface area contributed by atoms with E-state index in [2.05, 4.69) is 26.8 Å². The molecule has 0 spiro atoms. The van der Waals surface area contributed by atoms with E-state index in [0.717, 1.165) is 16.2 Å². The Balaban J connectivity index is 2.07. The van der Waals surface area contributed by atoms with Crippen LogP contribution in [0.4, 0.5) is 0 Å². The van der Waals surface area contributed by atoms with Crippen LogP contribution in [0.15, 0.2) is 68.2 Å². The molecule has 1 aliphatic rings. The number of esters is 1. The second-order valence-corrected chi connectivity index (χ2v) is 8.79. The SMILES string of the molecule is C#CCOc1ccc(Br)cc1/C=C1\SC(=NC(=O)c2ccccc2Cl)C(C(=O)OCC)=C1O. The maximum Gasteiger partial charge on any atom is 0.344 e. The predicted molar refractivity (Wildman–Crippen MR) is 134 cm³/mol. The molecule has 1 heterocycles. The number of aliphatic imine (C=N–C) groups is 1. The number of rotatable bonds is 6. The highest BCUT2D eigenvalue weighted by Crippen LogP contribution is 2.40. The highest BCUT2D eigenvalue weighted by molar-refractivity contribution is 9.10. The molecular weight excluding hydrogens is 530 g/mol. The fourth-order valence-corrected chi connectivity index (χ4v) is 4.40. The zero-order chi connectivity index (χ0) is 24.0. The third-order valence-electron chi connectivity index (χ3n) is 4.25. The average molecular weight is 547 g/mol. The van der Waals surface area contributed by atoms with Crippen LogP contribution in [0.3, 0.4) is 0 Å². The molecule has 0 aliphatic carbocycles. The van der Waals surface area contributed by atoms with Crippen molar-refractivity contribution in [1.82, 2.24) is 0 Å². The van der Waals surface area contributed by atoms with Gasteiger partial charge in [-0.2, -0.15) is 0 Å². The summed E-state index contributed by atoms with van der Waals surface area (Å²) >= 11 is 10.5. The topological polar surface area (TPSA) is 85.2 Å². The number of amides is 1. The largest absolute Gasteiger partial charge is 0.506 e. The van der Waals surface area contributed by atoms with Crippen molar-refractivity contribution < 1.29 is 24.2 Å². The van der Waals surface area contributed by atoms with E-state index in [1.165, 1.54) is 6.07 Å². The zero-order valence-corrected chi connectivity index (χ0v) is 20.5. The van der Waals surface area contributed by atoms with Gasteiger partial charge in [0.25, 0.3) is 5.91 Å². The molecule has 2 aromatic carbocycles. The van der Waals surface area contributed by atoms with Crippen molar-refractivity contribution in [3.63, 3.8) is 0 Å². The first-order valence-electron chi connectivity index (χ1n) is 9.59. The number of hydrogen-bond acceptors (Lipinski definition) is 6.